The largest absolute Gasteiger partial charge is 0.487 e. The topological polar surface area (TPSA) is 81.2 Å². The molecule has 8 nitrogen and oxygen atoms in total. The molecular weight excluding hydrogens is 484 g/mol. The van der Waals surface area contributed by atoms with Crippen LogP contribution in [0.3, 0.4) is 0 Å². The Labute approximate surface area is 222 Å². The molecular formula is C30H30N2O6. The first kappa shape index (κ1) is 25.5. The van der Waals surface area contributed by atoms with Crippen molar-refractivity contribution < 1.29 is 28.4 Å². The number of rotatable bonds is 0. The van der Waals surface area contributed by atoms with Gasteiger partial charge in [-0.2, -0.15) is 0 Å². The van der Waals surface area contributed by atoms with Gasteiger partial charge in [-0.25, -0.2) is 0 Å². The van der Waals surface area contributed by atoms with Crippen LogP contribution in [0.15, 0.2) is 84.9 Å². The lowest BCUT2D eigenvalue weighted by Gasteiger charge is -2.14. The predicted molar refractivity (Wildman–Crippen MR) is 140 cm³/mol. The minimum absolute atomic E-state index is 0.298. The minimum Gasteiger partial charge on any atom is -0.487 e. The van der Waals surface area contributed by atoms with Crippen LogP contribution in [0, 0.1) is 0 Å². The van der Waals surface area contributed by atoms with E-state index in [1.807, 2.05) is 84.9 Å². The van der Waals surface area contributed by atoms with Crippen LogP contribution in [0.5, 0.6) is 23.0 Å². The Balaban J connectivity index is 1.30. The number of aromatic nitrogens is 2. The van der Waals surface area contributed by atoms with Gasteiger partial charge in [0.25, 0.3) is 0 Å². The molecule has 4 aromatic rings. The Hall–Kier alpha value is -4.14. The van der Waals surface area contributed by atoms with E-state index < -0.39 is 0 Å². The second-order valence-electron chi connectivity index (χ2n) is 8.51. The molecule has 5 rings (SSSR count). The van der Waals surface area contributed by atoms with Gasteiger partial charge in [-0.1, -0.05) is 36.4 Å². The summed E-state index contributed by atoms with van der Waals surface area (Å²) < 4.78 is 35.5. The van der Waals surface area contributed by atoms with Crippen molar-refractivity contribution in [3.63, 3.8) is 0 Å². The molecule has 2 aromatic carbocycles. The Kier molecular flexibility index (Phi) is 9.01. The maximum atomic E-state index is 6.04. The van der Waals surface area contributed by atoms with Crippen LogP contribution in [0.4, 0.5) is 0 Å². The van der Waals surface area contributed by atoms with Crippen LogP contribution in [-0.4, -0.2) is 36.4 Å². The molecule has 1 aliphatic rings. The van der Waals surface area contributed by atoms with E-state index in [0.29, 0.717) is 75.9 Å². The third-order valence-electron chi connectivity index (χ3n) is 5.65. The standard InChI is InChI=1S/C30H30N2O6/c1-3-13-29-27(11-1)35-17-15-33-19-23-7-5-8-24(31-23)20-34-16-18-36-28-12-2-4-14-30(28)38-22-26-10-6-9-25(32-26)21-37-29/h1-14H,15-22H2. The minimum atomic E-state index is 0.298. The summed E-state index contributed by atoms with van der Waals surface area (Å²) in [6, 6.07) is 26.7. The van der Waals surface area contributed by atoms with Gasteiger partial charge < -0.3 is 28.4 Å². The summed E-state index contributed by atoms with van der Waals surface area (Å²) in [6.07, 6.45) is 0. The molecule has 0 aliphatic carbocycles. The molecule has 3 heterocycles. The molecule has 0 N–H and O–H groups in total. The van der Waals surface area contributed by atoms with E-state index in [0.717, 1.165) is 22.8 Å². The fraction of sp³-hybridized carbons (Fsp3) is 0.267. The number of pyridine rings is 2. The first-order valence-electron chi connectivity index (χ1n) is 12.6. The Morgan fingerprint density at radius 1 is 0.368 bits per heavy atom. The lowest BCUT2D eigenvalue weighted by Crippen LogP contribution is -2.10. The smallest absolute Gasteiger partial charge is 0.161 e. The number of nitrogens with zero attached hydrogens (tertiary/aromatic N) is 2. The highest BCUT2D eigenvalue weighted by atomic mass is 16.5. The maximum absolute atomic E-state index is 6.04. The number of para-hydroxylation sites is 4. The van der Waals surface area contributed by atoms with Crippen LogP contribution in [0.1, 0.15) is 22.8 Å². The summed E-state index contributed by atoms with van der Waals surface area (Å²) in [5.74, 6) is 2.59. The number of hydrogen-bond acceptors (Lipinski definition) is 8. The van der Waals surface area contributed by atoms with E-state index in [-0.39, 0.29) is 0 Å². The van der Waals surface area contributed by atoms with Crippen molar-refractivity contribution in [2.24, 2.45) is 0 Å². The Bertz CT molecular complexity index is 1220. The molecule has 0 saturated carbocycles. The number of fused-ring (bicyclic) bond motifs is 6. The van der Waals surface area contributed by atoms with E-state index >= 15 is 0 Å². The van der Waals surface area contributed by atoms with Gasteiger partial charge in [0.1, 0.15) is 26.4 Å². The van der Waals surface area contributed by atoms with Gasteiger partial charge >= 0.3 is 0 Å². The summed E-state index contributed by atoms with van der Waals surface area (Å²) >= 11 is 0. The van der Waals surface area contributed by atoms with Crippen molar-refractivity contribution in [1.82, 2.24) is 9.97 Å². The van der Waals surface area contributed by atoms with Gasteiger partial charge in [-0.05, 0) is 48.5 Å². The van der Waals surface area contributed by atoms with E-state index in [9.17, 15) is 0 Å². The van der Waals surface area contributed by atoms with E-state index in [1.54, 1.807) is 0 Å². The Morgan fingerprint density at radius 3 is 1.16 bits per heavy atom. The molecule has 2 aromatic heterocycles. The van der Waals surface area contributed by atoms with Crippen molar-refractivity contribution in [3.8, 4) is 23.0 Å². The summed E-state index contributed by atoms with van der Waals surface area (Å²) in [6.45, 7) is 2.97. The van der Waals surface area contributed by atoms with Crippen molar-refractivity contribution >= 4 is 0 Å². The molecule has 1 aliphatic heterocycles. The molecule has 0 fully saturated rings. The zero-order valence-corrected chi connectivity index (χ0v) is 21.1. The Morgan fingerprint density at radius 2 is 0.737 bits per heavy atom. The molecule has 0 atom stereocenters. The van der Waals surface area contributed by atoms with Crippen LogP contribution in [-0.2, 0) is 35.9 Å². The lowest BCUT2D eigenvalue weighted by atomic mass is 10.3. The monoisotopic (exact) mass is 514 g/mol. The molecule has 4 bridgehead atoms. The third-order valence-corrected chi connectivity index (χ3v) is 5.65. The van der Waals surface area contributed by atoms with E-state index in [1.165, 1.54) is 0 Å². The van der Waals surface area contributed by atoms with Gasteiger partial charge in [0.2, 0.25) is 0 Å². The molecule has 0 radical (unpaired) electrons. The summed E-state index contributed by atoms with van der Waals surface area (Å²) in [5, 5.41) is 0. The number of benzene rings is 2. The molecule has 0 unspecified atom stereocenters. The zero-order chi connectivity index (χ0) is 25.8. The van der Waals surface area contributed by atoms with Crippen molar-refractivity contribution in [1.29, 1.82) is 0 Å². The predicted octanol–water partition coefficient (Wildman–Crippen LogP) is 5.14. The molecule has 0 saturated heterocycles. The average Bonchev–Trinajstić information content (AvgIpc) is 2.96. The van der Waals surface area contributed by atoms with Crippen LogP contribution in [0.25, 0.3) is 0 Å². The highest BCUT2D eigenvalue weighted by molar-refractivity contribution is 5.40. The molecule has 196 valence electrons. The second-order valence-corrected chi connectivity index (χ2v) is 8.51. The lowest BCUT2D eigenvalue weighted by molar-refractivity contribution is 0.0806. The number of ether oxygens (including phenoxy) is 6. The van der Waals surface area contributed by atoms with Gasteiger partial charge in [0.15, 0.2) is 23.0 Å². The SMILES string of the molecule is c1cc2nc(c1)COCCOc1ccccc1OCc1cccc(n1)COc1ccccc1OCCOC2. The van der Waals surface area contributed by atoms with Gasteiger partial charge in [-0.15, -0.1) is 0 Å². The van der Waals surface area contributed by atoms with Crippen LogP contribution >= 0.6 is 0 Å². The van der Waals surface area contributed by atoms with Crippen molar-refractivity contribution in [3.05, 3.63) is 108 Å². The van der Waals surface area contributed by atoms with E-state index in [4.69, 9.17) is 28.4 Å². The summed E-state index contributed by atoms with van der Waals surface area (Å²) in [7, 11) is 0. The zero-order valence-electron chi connectivity index (χ0n) is 21.1. The number of hydrogen-bond donors (Lipinski definition) is 0. The average molecular weight is 515 g/mol. The molecule has 0 amide bonds. The van der Waals surface area contributed by atoms with Crippen molar-refractivity contribution in [2.45, 2.75) is 26.4 Å². The van der Waals surface area contributed by atoms with E-state index in [2.05, 4.69) is 9.97 Å². The normalized spacial score (nSPS) is 15.2. The summed E-state index contributed by atoms with van der Waals surface area (Å²) in [4.78, 5) is 9.30. The third kappa shape index (κ3) is 7.44. The fourth-order valence-corrected chi connectivity index (χ4v) is 3.84. The van der Waals surface area contributed by atoms with Gasteiger partial charge in [0.05, 0.1) is 49.2 Å². The van der Waals surface area contributed by atoms with Crippen LogP contribution in [0.2, 0.25) is 0 Å². The highest BCUT2D eigenvalue weighted by Crippen LogP contribution is 2.28. The fourth-order valence-electron chi connectivity index (χ4n) is 3.84. The first-order chi connectivity index (χ1) is 18.8. The van der Waals surface area contributed by atoms with Crippen LogP contribution < -0.4 is 18.9 Å². The first-order valence-corrected chi connectivity index (χ1v) is 12.6. The van der Waals surface area contributed by atoms with Gasteiger partial charge in [-0.3, -0.25) is 9.97 Å². The second kappa shape index (κ2) is 13.4. The molecule has 0 spiro atoms. The maximum Gasteiger partial charge on any atom is 0.161 e. The quantitative estimate of drug-likeness (QED) is 0.319. The molecule has 38 heavy (non-hydrogen) atoms. The highest BCUT2D eigenvalue weighted by Gasteiger charge is 2.09. The molecule has 8 heteroatoms. The van der Waals surface area contributed by atoms with Crippen molar-refractivity contribution in [2.75, 3.05) is 26.4 Å². The summed E-state index contributed by atoms with van der Waals surface area (Å²) in [5.41, 5.74) is 3.24. The van der Waals surface area contributed by atoms with Gasteiger partial charge in [0, 0.05) is 0 Å².